The zero-order valence-electron chi connectivity index (χ0n) is 10.6. The van der Waals surface area contributed by atoms with Crippen LogP contribution in [0.4, 0.5) is 0 Å². The fourth-order valence-corrected chi connectivity index (χ4v) is 2.19. The minimum Gasteiger partial charge on any atom is -0.393 e. The minimum atomic E-state index is 0.343. The smallest absolute Gasteiger partial charge is 0.127 e. The van der Waals surface area contributed by atoms with Crippen LogP contribution in [0, 0.1) is 0 Å². The lowest BCUT2D eigenvalue weighted by atomic mass is 9.98. The molecule has 0 N–H and O–H groups in total. The number of benzene rings is 1. The normalized spacial score (nSPS) is 17.5. The lowest BCUT2D eigenvalue weighted by Crippen LogP contribution is -2.13. The van der Waals surface area contributed by atoms with Gasteiger partial charge in [-0.15, -0.1) is 0 Å². The van der Waals surface area contributed by atoms with Crippen molar-refractivity contribution in [3.63, 3.8) is 0 Å². The molecule has 2 rings (SSSR count). The molecule has 0 saturated heterocycles. The van der Waals surface area contributed by atoms with Crippen molar-refractivity contribution in [2.45, 2.75) is 51.6 Å². The van der Waals surface area contributed by atoms with E-state index in [4.69, 9.17) is 4.84 Å². The summed E-state index contributed by atoms with van der Waals surface area (Å²) in [4.78, 5) is 5.51. The van der Waals surface area contributed by atoms with Crippen LogP contribution < -0.4 is 0 Å². The van der Waals surface area contributed by atoms with Gasteiger partial charge in [-0.1, -0.05) is 42.8 Å². The van der Waals surface area contributed by atoms with Crippen LogP contribution in [0.3, 0.4) is 0 Å². The van der Waals surface area contributed by atoms with Gasteiger partial charge in [-0.25, -0.2) is 0 Å². The molecule has 0 atom stereocenters. The van der Waals surface area contributed by atoms with Gasteiger partial charge in [0.15, 0.2) is 0 Å². The van der Waals surface area contributed by atoms with Crippen molar-refractivity contribution in [1.29, 1.82) is 0 Å². The molecule has 92 valence electrons. The van der Waals surface area contributed by atoms with Crippen LogP contribution in [-0.4, -0.2) is 12.3 Å². The molecular formula is C15H21NO. The first-order chi connectivity index (χ1) is 8.38. The standard InChI is InChI=1S/C15H21NO/c1-2-13-8-10-14(11-9-13)12-16-17-15-6-4-3-5-7-15/h8-12,15H,2-7H2,1H3. The van der Waals surface area contributed by atoms with Crippen molar-refractivity contribution < 1.29 is 4.84 Å². The van der Waals surface area contributed by atoms with Crippen LogP contribution >= 0.6 is 0 Å². The van der Waals surface area contributed by atoms with Crippen molar-refractivity contribution in [3.05, 3.63) is 35.4 Å². The summed E-state index contributed by atoms with van der Waals surface area (Å²) in [6.45, 7) is 2.16. The summed E-state index contributed by atoms with van der Waals surface area (Å²) >= 11 is 0. The van der Waals surface area contributed by atoms with E-state index < -0.39 is 0 Å². The Balaban J connectivity index is 1.82. The third-order valence-electron chi connectivity index (χ3n) is 3.35. The van der Waals surface area contributed by atoms with E-state index >= 15 is 0 Å². The molecule has 0 unspecified atom stereocenters. The molecule has 0 spiro atoms. The topological polar surface area (TPSA) is 21.6 Å². The van der Waals surface area contributed by atoms with E-state index in [1.54, 1.807) is 0 Å². The van der Waals surface area contributed by atoms with Gasteiger partial charge in [-0.05, 0) is 43.2 Å². The average molecular weight is 231 g/mol. The van der Waals surface area contributed by atoms with E-state index in [1.165, 1.54) is 24.8 Å². The molecule has 1 aliphatic carbocycles. The summed E-state index contributed by atoms with van der Waals surface area (Å²) in [5.74, 6) is 0. The molecule has 2 nitrogen and oxygen atoms in total. The van der Waals surface area contributed by atoms with Crippen LogP contribution in [0.25, 0.3) is 0 Å². The van der Waals surface area contributed by atoms with Gasteiger partial charge in [0.2, 0.25) is 0 Å². The van der Waals surface area contributed by atoms with Gasteiger partial charge >= 0.3 is 0 Å². The molecule has 0 bridgehead atoms. The first-order valence-electron chi connectivity index (χ1n) is 6.66. The number of hydrogen-bond donors (Lipinski definition) is 0. The van der Waals surface area contributed by atoms with Gasteiger partial charge in [-0.2, -0.15) is 0 Å². The monoisotopic (exact) mass is 231 g/mol. The van der Waals surface area contributed by atoms with Crippen molar-refractivity contribution in [3.8, 4) is 0 Å². The second-order valence-corrected chi connectivity index (χ2v) is 4.70. The second-order valence-electron chi connectivity index (χ2n) is 4.70. The summed E-state index contributed by atoms with van der Waals surface area (Å²) < 4.78 is 0. The van der Waals surface area contributed by atoms with Crippen LogP contribution in [-0.2, 0) is 11.3 Å². The average Bonchev–Trinajstić information content (AvgIpc) is 2.41. The van der Waals surface area contributed by atoms with Crippen LogP contribution in [0.15, 0.2) is 29.4 Å². The molecule has 1 aromatic carbocycles. The Kier molecular flexibility index (Phi) is 4.60. The predicted molar refractivity (Wildman–Crippen MR) is 71.4 cm³/mol. The Bertz CT molecular complexity index is 350. The lowest BCUT2D eigenvalue weighted by Gasteiger charge is -2.18. The number of aryl methyl sites for hydroxylation is 1. The summed E-state index contributed by atoms with van der Waals surface area (Å²) in [7, 11) is 0. The maximum absolute atomic E-state index is 5.51. The van der Waals surface area contributed by atoms with Gasteiger partial charge in [-0.3, -0.25) is 0 Å². The number of hydrogen-bond acceptors (Lipinski definition) is 2. The molecule has 0 amide bonds. The predicted octanol–water partition coefficient (Wildman–Crippen LogP) is 3.93. The Morgan fingerprint density at radius 2 is 1.88 bits per heavy atom. The Labute approximate surface area is 104 Å². The van der Waals surface area contributed by atoms with E-state index in [9.17, 15) is 0 Å². The number of nitrogens with zero attached hydrogens (tertiary/aromatic N) is 1. The van der Waals surface area contributed by atoms with Crippen LogP contribution in [0.2, 0.25) is 0 Å². The minimum absolute atomic E-state index is 0.343. The summed E-state index contributed by atoms with van der Waals surface area (Å²) in [6, 6.07) is 8.46. The first kappa shape index (κ1) is 12.2. The molecule has 2 heteroatoms. The number of oxime groups is 1. The molecule has 1 aliphatic rings. The van der Waals surface area contributed by atoms with Crippen LogP contribution in [0.1, 0.15) is 50.2 Å². The number of rotatable bonds is 4. The fourth-order valence-electron chi connectivity index (χ4n) is 2.19. The third-order valence-corrected chi connectivity index (χ3v) is 3.35. The first-order valence-corrected chi connectivity index (χ1v) is 6.66. The maximum atomic E-state index is 5.51. The highest BCUT2D eigenvalue weighted by Gasteiger charge is 2.13. The maximum Gasteiger partial charge on any atom is 0.127 e. The largest absolute Gasteiger partial charge is 0.393 e. The van der Waals surface area contributed by atoms with Gasteiger partial charge < -0.3 is 4.84 Å². The SMILES string of the molecule is CCc1ccc(C=NOC2CCCCC2)cc1. The van der Waals surface area contributed by atoms with Crippen molar-refractivity contribution in [2.24, 2.45) is 5.16 Å². The third kappa shape index (κ3) is 3.88. The van der Waals surface area contributed by atoms with Crippen molar-refractivity contribution in [2.75, 3.05) is 0 Å². The molecule has 0 aromatic heterocycles. The van der Waals surface area contributed by atoms with Gasteiger partial charge in [0.25, 0.3) is 0 Å². The molecule has 0 heterocycles. The zero-order valence-corrected chi connectivity index (χ0v) is 10.6. The molecule has 1 fully saturated rings. The highest BCUT2D eigenvalue weighted by Crippen LogP contribution is 2.20. The van der Waals surface area contributed by atoms with E-state index in [0.717, 1.165) is 24.8 Å². The highest BCUT2D eigenvalue weighted by atomic mass is 16.6. The van der Waals surface area contributed by atoms with Crippen molar-refractivity contribution in [1.82, 2.24) is 0 Å². The second kappa shape index (κ2) is 6.43. The van der Waals surface area contributed by atoms with Gasteiger partial charge in [0, 0.05) is 0 Å². The van der Waals surface area contributed by atoms with Crippen molar-refractivity contribution >= 4 is 6.21 Å². The summed E-state index contributed by atoms with van der Waals surface area (Å²) in [5.41, 5.74) is 2.47. The Hall–Kier alpha value is -1.31. The van der Waals surface area contributed by atoms with Crippen LogP contribution in [0.5, 0.6) is 0 Å². The van der Waals surface area contributed by atoms with Gasteiger partial charge in [0.05, 0.1) is 6.21 Å². The molecule has 1 aromatic rings. The summed E-state index contributed by atoms with van der Waals surface area (Å²) in [6.07, 6.45) is 9.47. The highest BCUT2D eigenvalue weighted by molar-refractivity contribution is 5.79. The lowest BCUT2D eigenvalue weighted by molar-refractivity contribution is 0.0340. The fraction of sp³-hybridized carbons (Fsp3) is 0.533. The molecule has 17 heavy (non-hydrogen) atoms. The Morgan fingerprint density at radius 3 is 2.53 bits per heavy atom. The molecular weight excluding hydrogens is 210 g/mol. The van der Waals surface area contributed by atoms with E-state index in [0.29, 0.717) is 6.10 Å². The van der Waals surface area contributed by atoms with E-state index in [2.05, 4.69) is 36.3 Å². The van der Waals surface area contributed by atoms with E-state index in [-0.39, 0.29) is 0 Å². The quantitative estimate of drug-likeness (QED) is 0.568. The van der Waals surface area contributed by atoms with Gasteiger partial charge in [0.1, 0.15) is 6.10 Å². The Morgan fingerprint density at radius 1 is 1.18 bits per heavy atom. The summed E-state index contributed by atoms with van der Waals surface area (Å²) in [5, 5.41) is 4.10. The molecule has 0 radical (unpaired) electrons. The zero-order chi connectivity index (χ0) is 11.9. The molecule has 0 aliphatic heterocycles. The molecule has 1 saturated carbocycles. The van der Waals surface area contributed by atoms with E-state index in [1.807, 2.05) is 6.21 Å².